The van der Waals surface area contributed by atoms with Gasteiger partial charge in [-0.05, 0) is 56.4 Å². The number of hydrogen-bond acceptors (Lipinski definition) is 3. The highest BCUT2D eigenvalue weighted by atomic mass is 16.5. The van der Waals surface area contributed by atoms with Crippen LogP contribution >= 0.6 is 0 Å². The molecule has 0 heterocycles. The zero-order valence-electron chi connectivity index (χ0n) is 21.3. The number of hydrogen-bond donors (Lipinski definition) is 1. The van der Waals surface area contributed by atoms with Crippen molar-refractivity contribution in [2.24, 2.45) is 5.41 Å². The molecule has 0 aliphatic carbocycles. The van der Waals surface area contributed by atoms with Gasteiger partial charge in [-0.25, -0.2) is 5.01 Å². The molecule has 6 heteroatoms. The fourth-order valence-corrected chi connectivity index (χ4v) is 4.23. The van der Waals surface area contributed by atoms with Crippen molar-refractivity contribution in [3.63, 3.8) is 0 Å². The second-order valence-corrected chi connectivity index (χ2v) is 9.50. The van der Waals surface area contributed by atoms with Crippen LogP contribution in [0.15, 0.2) is 36.4 Å². The lowest BCUT2D eigenvalue weighted by atomic mass is 9.83. The van der Waals surface area contributed by atoms with Crippen LogP contribution in [0.2, 0.25) is 0 Å². The van der Waals surface area contributed by atoms with Crippen molar-refractivity contribution in [3.05, 3.63) is 64.2 Å². The Morgan fingerprint density at radius 3 is 2.15 bits per heavy atom. The highest BCUT2D eigenvalue weighted by molar-refractivity contribution is 6.00. The Bertz CT molecular complexity index is 943. The summed E-state index contributed by atoms with van der Waals surface area (Å²) in [5, 5.41) is 1.55. The predicted octanol–water partition coefficient (Wildman–Crippen LogP) is 5.05. The van der Waals surface area contributed by atoms with Crippen LogP contribution in [-0.2, 0) is 6.42 Å². The molecule has 2 rings (SSSR count). The number of hydrazine groups is 1. The summed E-state index contributed by atoms with van der Waals surface area (Å²) in [7, 11) is 1.60. The first-order valence-electron chi connectivity index (χ1n) is 11.4. The quantitative estimate of drug-likeness (QED) is 0.591. The van der Waals surface area contributed by atoms with Crippen LogP contribution in [0.5, 0.6) is 5.75 Å². The Labute approximate surface area is 198 Å². The van der Waals surface area contributed by atoms with Gasteiger partial charge < -0.3 is 10.2 Å². The number of benzene rings is 2. The Morgan fingerprint density at radius 1 is 1.06 bits per heavy atom. The van der Waals surface area contributed by atoms with Gasteiger partial charge >= 0.3 is 0 Å². The van der Waals surface area contributed by atoms with Crippen molar-refractivity contribution in [3.8, 4) is 5.75 Å². The lowest BCUT2D eigenvalue weighted by Crippen LogP contribution is -2.56. The van der Waals surface area contributed by atoms with Crippen LogP contribution < -0.4 is 10.2 Å². The molecule has 0 unspecified atom stereocenters. The smallest absolute Gasteiger partial charge is 0.272 e. The van der Waals surface area contributed by atoms with E-state index in [1.165, 1.54) is 0 Å². The highest BCUT2D eigenvalue weighted by Gasteiger charge is 2.35. The maximum Gasteiger partial charge on any atom is 0.272 e. The van der Waals surface area contributed by atoms with E-state index in [-0.39, 0.29) is 28.7 Å². The van der Waals surface area contributed by atoms with Crippen LogP contribution in [0.1, 0.15) is 84.9 Å². The van der Waals surface area contributed by atoms with Crippen LogP contribution in [0, 0.1) is 19.3 Å². The Morgan fingerprint density at radius 2 is 1.67 bits per heavy atom. The Kier molecular flexibility index (Phi) is 10.1. The molecule has 2 aromatic rings. The topological polar surface area (TPSA) is 90.1 Å². The van der Waals surface area contributed by atoms with E-state index in [4.69, 9.17) is 4.74 Å². The third-order valence-electron chi connectivity index (χ3n) is 5.73. The van der Waals surface area contributed by atoms with Gasteiger partial charge in [-0.15, -0.1) is 0 Å². The largest absolute Gasteiger partial charge is 0.496 e. The van der Waals surface area contributed by atoms with Gasteiger partial charge in [0.2, 0.25) is 0 Å². The van der Waals surface area contributed by atoms with E-state index in [2.05, 4.69) is 33.1 Å². The number of aryl methyl sites for hydroxylation is 2. The number of ether oxygens (including phenoxy) is 1. The van der Waals surface area contributed by atoms with Crippen molar-refractivity contribution in [1.82, 2.24) is 10.4 Å². The van der Waals surface area contributed by atoms with Gasteiger partial charge in [0.25, 0.3) is 11.8 Å². The van der Waals surface area contributed by atoms with Gasteiger partial charge in [-0.2, -0.15) is 0 Å². The normalized spacial score (nSPS) is 11.9. The van der Waals surface area contributed by atoms with Crippen molar-refractivity contribution in [1.29, 1.82) is 0 Å². The number of carbonyl (C=O) groups excluding carboxylic acids is 2. The summed E-state index contributed by atoms with van der Waals surface area (Å²) in [6, 6.07) is 11.1. The summed E-state index contributed by atoms with van der Waals surface area (Å²) >= 11 is 0. The predicted molar refractivity (Wildman–Crippen MR) is 134 cm³/mol. The number of amides is 2. The van der Waals surface area contributed by atoms with E-state index in [1.807, 2.05) is 45.0 Å². The van der Waals surface area contributed by atoms with E-state index in [1.54, 1.807) is 24.3 Å². The lowest BCUT2D eigenvalue weighted by molar-refractivity contribution is 0.0270. The molecule has 0 aromatic heterocycles. The van der Waals surface area contributed by atoms with E-state index in [9.17, 15) is 9.59 Å². The number of carbonyl (C=O) groups is 2. The van der Waals surface area contributed by atoms with Gasteiger partial charge in [0.1, 0.15) is 5.75 Å². The minimum Gasteiger partial charge on any atom is -0.496 e. The van der Waals surface area contributed by atoms with E-state index in [0.29, 0.717) is 23.3 Å². The molecule has 1 atom stereocenters. The molecule has 0 radical (unpaired) electrons. The zero-order valence-corrected chi connectivity index (χ0v) is 21.3. The Hall–Kier alpha value is -2.86. The van der Waals surface area contributed by atoms with Crippen LogP contribution in [0.25, 0.3) is 0 Å². The summed E-state index contributed by atoms with van der Waals surface area (Å²) in [6.45, 7) is 14.3. The molecule has 3 N–H and O–H groups in total. The third kappa shape index (κ3) is 6.81. The minimum absolute atomic E-state index is 0. The fraction of sp³-hybridized carbons (Fsp3) is 0.481. The van der Waals surface area contributed by atoms with Crippen molar-refractivity contribution in [2.45, 2.75) is 73.8 Å². The van der Waals surface area contributed by atoms with Crippen LogP contribution in [-0.4, -0.2) is 35.5 Å². The highest BCUT2D eigenvalue weighted by Crippen LogP contribution is 2.29. The molecule has 182 valence electrons. The molecular formula is C27H40N2O4. The standard InChI is InChI=1S/C27H38N2O3.H2O/c1-9-12-24(27(5,6)7)29(26(31)20-16-18(3)15-19(4)17-20)28-25(30)22-13-11-14-23(32-8)21(22)10-2;/h11,13-17,24H,9-10,12H2,1-8H3,(H,28,30);1H2/t24-;/m1./s1. The van der Waals surface area contributed by atoms with Crippen molar-refractivity contribution >= 4 is 11.8 Å². The van der Waals surface area contributed by atoms with E-state index >= 15 is 0 Å². The first-order valence-corrected chi connectivity index (χ1v) is 11.4. The maximum atomic E-state index is 13.7. The molecule has 0 spiro atoms. The summed E-state index contributed by atoms with van der Waals surface area (Å²) in [6.07, 6.45) is 2.32. The third-order valence-corrected chi connectivity index (χ3v) is 5.73. The molecule has 6 nitrogen and oxygen atoms in total. The fourth-order valence-electron chi connectivity index (χ4n) is 4.23. The molecular weight excluding hydrogens is 416 g/mol. The number of nitrogens with zero attached hydrogens (tertiary/aromatic N) is 1. The number of nitrogens with one attached hydrogen (secondary N) is 1. The van der Waals surface area contributed by atoms with Gasteiger partial charge in [-0.3, -0.25) is 15.0 Å². The molecule has 0 aliphatic heterocycles. The van der Waals surface area contributed by atoms with Crippen molar-refractivity contribution < 1.29 is 19.8 Å². The van der Waals surface area contributed by atoms with Gasteiger partial charge in [0, 0.05) is 16.7 Å². The van der Waals surface area contributed by atoms with E-state index < -0.39 is 0 Å². The summed E-state index contributed by atoms with van der Waals surface area (Å²) in [5.41, 5.74) is 6.72. The second kappa shape index (κ2) is 11.8. The summed E-state index contributed by atoms with van der Waals surface area (Å²) in [5.74, 6) is 0.177. The van der Waals surface area contributed by atoms with Crippen LogP contribution in [0.3, 0.4) is 0 Å². The zero-order chi connectivity index (χ0) is 24.1. The Balaban J connectivity index is 0.00000544. The molecule has 0 aliphatic rings. The molecule has 2 aromatic carbocycles. The monoisotopic (exact) mass is 456 g/mol. The molecule has 33 heavy (non-hydrogen) atoms. The lowest BCUT2D eigenvalue weighted by Gasteiger charge is -2.40. The first kappa shape index (κ1) is 28.2. The molecule has 0 bridgehead atoms. The molecule has 0 saturated carbocycles. The minimum atomic E-state index is -0.302. The molecule has 2 amide bonds. The van der Waals surface area contributed by atoms with E-state index in [0.717, 1.165) is 29.5 Å². The maximum absolute atomic E-state index is 13.7. The van der Waals surface area contributed by atoms with Gasteiger partial charge in [0.15, 0.2) is 0 Å². The van der Waals surface area contributed by atoms with Crippen molar-refractivity contribution in [2.75, 3.05) is 7.11 Å². The SMILES string of the molecule is CCC[C@@H](N(NC(=O)c1cccc(OC)c1CC)C(=O)c1cc(C)cc(C)c1)C(C)(C)C.O. The second-order valence-electron chi connectivity index (χ2n) is 9.50. The summed E-state index contributed by atoms with van der Waals surface area (Å²) in [4.78, 5) is 27.2. The first-order chi connectivity index (χ1) is 15.0. The van der Waals surface area contributed by atoms with Crippen LogP contribution in [0.4, 0.5) is 0 Å². The average Bonchev–Trinajstić information content (AvgIpc) is 2.73. The number of methoxy groups -OCH3 is 1. The van der Waals surface area contributed by atoms with Gasteiger partial charge in [-0.1, -0.05) is 64.3 Å². The van der Waals surface area contributed by atoms with Gasteiger partial charge in [0.05, 0.1) is 13.2 Å². The summed E-state index contributed by atoms with van der Waals surface area (Å²) < 4.78 is 5.45. The molecule has 0 saturated heterocycles. The average molecular weight is 457 g/mol. The number of rotatable bonds is 7. The molecule has 0 fully saturated rings.